The number of carboxylic acids is 1. The van der Waals surface area contributed by atoms with E-state index in [2.05, 4.69) is 0 Å². The molecule has 0 aromatic carbocycles. The molecule has 1 saturated heterocycles. The van der Waals surface area contributed by atoms with Gasteiger partial charge in [0.05, 0.1) is 0 Å². The first-order valence-corrected chi connectivity index (χ1v) is 10.2. The molecule has 158 valence electrons. The van der Waals surface area contributed by atoms with Crippen LogP contribution in [0.25, 0.3) is 0 Å². The minimum absolute atomic E-state index is 0.0367. The van der Waals surface area contributed by atoms with E-state index in [1.807, 2.05) is 27.7 Å². The average Bonchev–Trinajstić information content (AvgIpc) is 2.61. The zero-order chi connectivity index (χ0) is 21.5. The van der Waals surface area contributed by atoms with Crippen molar-refractivity contribution >= 4 is 23.4 Å². The second-order valence-electron chi connectivity index (χ2n) is 6.74. The SMILES string of the molecule is CC.CC.CC(=O)CC1(CC(C)=O)CCN(C(=O)CCCCC(=O)O)CC1. The van der Waals surface area contributed by atoms with Crippen LogP contribution in [0.15, 0.2) is 0 Å². The van der Waals surface area contributed by atoms with Crippen LogP contribution in [-0.4, -0.2) is 46.5 Å². The molecular weight excluding hydrogens is 346 g/mol. The van der Waals surface area contributed by atoms with Crippen LogP contribution in [0.3, 0.4) is 0 Å². The van der Waals surface area contributed by atoms with E-state index in [0.717, 1.165) is 0 Å². The quantitative estimate of drug-likeness (QED) is 0.599. The Morgan fingerprint density at radius 2 is 1.22 bits per heavy atom. The first-order chi connectivity index (χ1) is 12.7. The molecule has 1 fully saturated rings. The first-order valence-electron chi connectivity index (χ1n) is 10.2. The van der Waals surface area contributed by atoms with Crippen molar-refractivity contribution in [1.82, 2.24) is 4.90 Å². The van der Waals surface area contributed by atoms with Gasteiger partial charge >= 0.3 is 5.97 Å². The molecule has 1 heterocycles. The minimum Gasteiger partial charge on any atom is -0.481 e. The van der Waals surface area contributed by atoms with Gasteiger partial charge in [-0.25, -0.2) is 0 Å². The number of aliphatic carboxylic acids is 1. The standard InChI is InChI=1S/C17H27NO5.2C2H6/c1-13(19)11-17(12-14(2)20)7-9-18(10-8-17)15(21)5-3-4-6-16(22)23;2*1-2/h3-12H2,1-2H3,(H,22,23);2*1-2H3. The number of piperidine rings is 1. The molecule has 6 heteroatoms. The third-order valence-electron chi connectivity index (χ3n) is 4.46. The Balaban J connectivity index is 0. The largest absolute Gasteiger partial charge is 0.481 e. The Morgan fingerprint density at radius 3 is 1.59 bits per heavy atom. The highest BCUT2D eigenvalue weighted by molar-refractivity contribution is 5.80. The van der Waals surface area contributed by atoms with Gasteiger partial charge in [-0.2, -0.15) is 0 Å². The molecular formula is C21H39NO5. The van der Waals surface area contributed by atoms with Crippen molar-refractivity contribution < 1.29 is 24.3 Å². The van der Waals surface area contributed by atoms with Crippen LogP contribution in [0.5, 0.6) is 0 Å². The van der Waals surface area contributed by atoms with E-state index >= 15 is 0 Å². The Kier molecular flexibility index (Phi) is 15.6. The number of carbonyl (C=O) groups excluding carboxylic acids is 3. The van der Waals surface area contributed by atoms with Crippen LogP contribution in [0.1, 0.15) is 92.9 Å². The lowest BCUT2D eigenvalue weighted by Crippen LogP contribution is -2.44. The number of ketones is 2. The summed E-state index contributed by atoms with van der Waals surface area (Å²) in [6.07, 6.45) is 3.68. The number of amides is 1. The molecule has 0 saturated carbocycles. The molecule has 0 unspecified atom stereocenters. The van der Waals surface area contributed by atoms with E-state index in [9.17, 15) is 19.2 Å². The van der Waals surface area contributed by atoms with Crippen LogP contribution in [0.2, 0.25) is 0 Å². The second-order valence-corrected chi connectivity index (χ2v) is 6.74. The number of carboxylic acid groups (broad SMARTS) is 1. The minimum atomic E-state index is -0.839. The van der Waals surface area contributed by atoms with Crippen molar-refractivity contribution in [2.75, 3.05) is 13.1 Å². The van der Waals surface area contributed by atoms with E-state index in [1.54, 1.807) is 18.7 Å². The van der Waals surface area contributed by atoms with Crippen molar-refractivity contribution in [2.24, 2.45) is 5.41 Å². The van der Waals surface area contributed by atoms with Crippen LogP contribution in [0, 0.1) is 5.41 Å². The number of unbranched alkanes of at least 4 members (excludes halogenated alkanes) is 1. The maximum Gasteiger partial charge on any atom is 0.303 e. The highest BCUT2D eigenvalue weighted by atomic mass is 16.4. The van der Waals surface area contributed by atoms with Crippen molar-refractivity contribution in [3.05, 3.63) is 0 Å². The summed E-state index contributed by atoms with van der Waals surface area (Å²) < 4.78 is 0. The van der Waals surface area contributed by atoms with Crippen molar-refractivity contribution in [2.45, 2.75) is 92.9 Å². The van der Waals surface area contributed by atoms with Gasteiger partial charge in [0.15, 0.2) is 0 Å². The van der Waals surface area contributed by atoms with E-state index < -0.39 is 5.97 Å². The highest BCUT2D eigenvalue weighted by Crippen LogP contribution is 2.39. The number of likely N-dealkylation sites (tertiary alicyclic amines) is 1. The number of hydrogen-bond donors (Lipinski definition) is 1. The molecule has 0 radical (unpaired) electrons. The molecule has 0 atom stereocenters. The summed E-state index contributed by atoms with van der Waals surface area (Å²) in [5, 5.41) is 8.58. The zero-order valence-electron chi connectivity index (χ0n) is 18.1. The predicted octanol–water partition coefficient (Wildman–Crippen LogP) is 4.25. The van der Waals surface area contributed by atoms with Gasteiger partial charge in [-0.1, -0.05) is 27.7 Å². The van der Waals surface area contributed by atoms with Gasteiger partial charge in [0.2, 0.25) is 5.91 Å². The summed E-state index contributed by atoms with van der Waals surface area (Å²) in [5.74, 6) is -0.636. The molecule has 1 rings (SSSR count). The molecule has 1 aliphatic rings. The summed E-state index contributed by atoms with van der Waals surface area (Å²) >= 11 is 0. The molecule has 1 aliphatic heterocycles. The van der Waals surface area contributed by atoms with Crippen molar-refractivity contribution in [3.8, 4) is 0 Å². The molecule has 0 spiro atoms. The monoisotopic (exact) mass is 385 g/mol. The maximum absolute atomic E-state index is 12.1. The van der Waals surface area contributed by atoms with E-state index in [4.69, 9.17) is 5.11 Å². The number of rotatable bonds is 9. The van der Waals surface area contributed by atoms with Crippen LogP contribution < -0.4 is 0 Å². The van der Waals surface area contributed by atoms with E-state index in [1.165, 1.54) is 0 Å². The smallest absolute Gasteiger partial charge is 0.303 e. The lowest BCUT2D eigenvalue weighted by Gasteiger charge is -2.41. The summed E-state index contributed by atoms with van der Waals surface area (Å²) in [6, 6.07) is 0. The van der Waals surface area contributed by atoms with Crippen LogP contribution in [-0.2, 0) is 19.2 Å². The zero-order valence-corrected chi connectivity index (χ0v) is 18.1. The van der Waals surface area contributed by atoms with Crippen molar-refractivity contribution in [1.29, 1.82) is 0 Å². The lowest BCUT2D eigenvalue weighted by atomic mass is 9.71. The fraction of sp³-hybridized carbons (Fsp3) is 0.810. The van der Waals surface area contributed by atoms with Gasteiger partial charge < -0.3 is 19.6 Å². The summed E-state index contributed by atoms with van der Waals surface area (Å²) in [7, 11) is 0. The molecule has 0 aromatic rings. The van der Waals surface area contributed by atoms with Crippen LogP contribution >= 0.6 is 0 Å². The summed E-state index contributed by atoms with van der Waals surface area (Å²) in [6.45, 7) is 12.2. The summed E-state index contributed by atoms with van der Waals surface area (Å²) in [4.78, 5) is 47.4. The van der Waals surface area contributed by atoms with Crippen LogP contribution in [0.4, 0.5) is 0 Å². The van der Waals surface area contributed by atoms with Crippen molar-refractivity contribution in [3.63, 3.8) is 0 Å². The number of Topliss-reactive ketones (excluding diaryl/α,β-unsaturated/α-hetero) is 2. The summed E-state index contributed by atoms with van der Waals surface area (Å²) in [5.41, 5.74) is -0.294. The van der Waals surface area contributed by atoms with Gasteiger partial charge in [0, 0.05) is 38.8 Å². The lowest BCUT2D eigenvalue weighted by molar-refractivity contribution is -0.138. The number of hydrogen-bond acceptors (Lipinski definition) is 4. The molecule has 0 aromatic heterocycles. The average molecular weight is 386 g/mol. The second kappa shape index (κ2) is 15.3. The topological polar surface area (TPSA) is 91.8 Å². The Labute approximate surface area is 164 Å². The molecule has 27 heavy (non-hydrogen) atoms. The number of nitrogens with zero attached hydrogens (tertiary/aromatic N) is 1. The van der Waals surface area contributed by atoms with Gasteiger partial charge in [-0.05, 0) is 44.9 Å². The van der Waals surface area contributed by atoms with Gasteiger partial charge in [0.25, 0.3) is 0 Å². The molecule has 0 aliphatic carbocycles. The molecule has 6 nitrogen and oxygen atoms in total. The first kappa shape index (κ1) is 27.5. The molecule has 1 amide bonds. The Morgan fingerprint density at radius 1 is 0.815 bits per heavy atom. The Bertz CT molecular complexity index is 447. The fourth-order valence-electron chi connectivity index (χ4n) is 3.41. The molecule has 1 N–H and O–H groups in total. The fourth-order valence-corrected chi connectivity index (χ4v) is 3.41. The molecule has 0 bridgehead atoms. The Hall–Kier alpha value is -1.72. The normalized spacial score (nSPS) is 14.8. The predicted molar refractivity (Wildman–Crippen MR) is 108 cm³/mol. The third kappa shape index (κ3) is 12.3. The number of carbonyl (C=O) groups is 4. The van der Waals surface area contributed by atoms with Gasteiger partial charge in [0.1, 0.15) is 11.6 Å². The van der Waals surface area contributed by atoms with Gasteiger partial charge in [-0.15, -0.1) is 0 Å². The third-order valence-corrected chi connectivity index (χ3v) is 4.46. The van der Waals surface area contributed by atoms with E-state index in [0.29, 0.717) is 58.0 Å². The van der Waals surface area contributed by atoms with Gasteiger partial charge in [-0.3, -0.25) is 9.59 Å². The van der Waals surface area contributed by atoms with E-state index in [-0.39, 0.29) is 29.3 Å². The highest BCUT2D eigenvalue weighted by Gasteiger charge is 2.37. The maximum atomic E-state index is 12.1.